The molecule has 0 spiro atoms. The van der Waals surface area contributed by atoms with E-state index in [0.29, 0.717) is 12.8 Å². The van der Waals surface area contributed by atoms with Gasteiger partial charge in [0, 0.05) is 6.42 Å². The Hall–Kier alpha value is -0.740. The smallest absolute Gasteiger partial charge is 0.168 e. The van der Waals surface area contributed by atoms with E-state index in [4.69, 9.17) is 5.73 Å². The minimum Gasteiger partial charge on any atom is -0.321 e. The fraction of sp³-hybridized carbons (Fsp3) is 0.857. The predicted molar refractivity (Wildman–Crippen MR) is 74.5 cm³/mol. The lowest BCUT2D eigenvalue weighted by molar-refractivity contribution is -0.125. The molecule has 1 unspecified atom stereocenters. The van der Waals surface area contributed by atoms with Gasteiger partial charge in [-0.15, -0.1) is 0 Å². The Morgan fingerprint density at radius 3 is 2.56 bits per heavy atom. The highest BCUT2D eigenvalue weighted by Gasteiger charge is 2.30. The minimum atomic E-state index is -0.603. The fourth-order valence-electron chi connectivity index (χ4n) is 1.88. The van der Waals surface area contributed by atoms with Crippen LogP contribution in [-0.2, 0) is 9.59 Å². The second kappa shape index (κ2) is 9.22. The number of ketones is 1. The lowest BCUT2D eigenvalue weighted by atomic mass is 9.91. The Bertz CT molecular complexity index is 252. The van der Waals surface area contributed by atoms with E-state index in [1.807, 2.05) is 13.8 Å². The molecule has 0 saturated carbocycles. The standard InChI is InChI=1S/C14H28N2O2/c1-4-5-6-7-10-16-14(2,3)13(18)12(15)9-8-11-17/h11-12,16H,4-10,15H2,1-3H3. The third-order valence-corrected chi connectivity index (χ3v) is 3.15. The monoisotopic (exact) mass is 256 g/mol. The summed E-state index contributed by atoms with van der Waals surface area (Å²) in [5.74, 6) is -0.0140. The molecule has 4 nitrogen and oxygen atoms in total. The molecule has 18 heavy (non-hydrogen) atoms. The van der Waals surface area contributed by atoms with E-state index < -0.39 is 11.6 Å². The second-order valence-corrected chi connectivity index (χ2v) is 5.33. The van der Waals surface area contributed by atoms with E-state index in [2.05, 4.69) is 12.2 Å². The predicted octanol–water partition coefficient (Wildman–Crippen LogP) is 1.81. The van der Waals surface area contributed by atoms with Gasteiger partial charge in [-0.3, -0.25) is 4.79 Å². The largest absolute Gasteiger partial charge is 0.321 e. The third-order valence-electron chi connectivity index (χ3n) is 3.15. The van der Waals surface area contributed by atoms with Crippen molar-refractivity contribution in [2.24, 2.45) is 5.73 Å². The van der Waals surface area contributed by atoms with Crippen LogP contribution in [0.2, 0.25) is 0 Å². The molecule has 0 amide bonds. The number of unbranched alkanes of at least 4 members (excludes halogenated alkanes) is 3. The number of hydrogen-bond acceptors (Lipinski definition) is 4. The maximum Gasteiger partial charge on any atom is 0.168 e. The molecule has 0 rings (SSSR count). The van der Waals surface area contributed by atoms with Crippen LogP contribution in [0.4, 0.5) is 0 Å². The van der Waals surface area contributed by atoms with Gasteiger partial charge in [-0.2, -0.15) is 0 Å². The molecule has 0 radical (unpaired) electrons. The van der Waals surface area contributed by atoms with Crippen molar-refractivity contribution in [1.29, 1.82) is 0 Å². The van der Waals surface area contributed by atoms with E-state index in [1.165, 1.54) is 19.3 Å². The van der Waals surface area contributed by atoms with Gasteiger partial charge in [0.1, 0.15) is 6.29 Å². The quantitative estimate of drug-likeness (QED) is 0.437. The van der Waals surface area contributed by atoms with Crippen molar-refractivity contribution in [2.45, 2.75) is 70.9 Å². The summed E-state index contributed by atoms with van der Waals surface area (Å²) in [4.78, 5) is 22.4. The fourth-order valence-corrected chi connectivity index (χ4v) is 1.88. The van der Waals surface area contributed by atoms with Gasteiger partial charge in [-0.25, -0.2) is 0 Å². The Kier molecular flexibility index (Phi) is 8.85. The molecular formula is C14H28N2O2. The first-order chi connectivity index (χ1) is 8.45. The van der Waals surface area contributed by atoms with Gasteiger partial charge in [0.2, 0.25) is 0 Å². The zero-order chi connectivity index (χ0) is 14.0. The molecular weight excluding hydrogens is 228 g/mol. The van der Waals surface area contributed by atoms with E-state index in [-0.39, 0.29) is 5.78 Å². The van der Waals surface area contributed by atoms with Gasteiger partial charge < -0.3 is 15.8 Å². The van der Waals surface area contributed by atoms with Gasteiger partial charge in [0.15, 0.2) is 5.78 Å². The lowest BCUT2D eigenvalue weighted by Crippen LogP contribution is -2.53. The third kappa shape index (κ3) is 6.87. The molecule has 1 atom stereocenters. The number of carbonyl (C=O) groups is 2. The highest BCUT2D eigenvalue weighted by molar-refractivity contribution is 5.92. The normalized spacial score (nSPS) is 13.3. The van der Waals surface area contributed by atoms with Crippen LogP contribution in [0.25, 0.3) is 0 Å². The molecule has 106 valence electrons. The van der Waals surface area contributed by atoms with E-state index in [1.54, 1.807) is 0 Å². The molecule has 0 saturated heterocycles. The van der Waals surface area contributed by atoms with Crippen molar-refractivity contribution < 1.29 is 9.59 Å². The zero-order valence-corrected chi connectivity index (χ0v) is 12.0. The first-order valence-corrected chi connectivity index (χ1v) is 6.94. The van der Waals surface area contributed by atoms with Crippen molar-refractivity contribution >= 4 is 12.1 Å². The van der Waals surface area contributed by atoms with Gasteiger partial charge >= 0.3 is 0 Å². The van der Waals surface area contributed by atoms with E-state index >= 15 is 0 Å². The van der Waals surface area contributed by atoms with Crippen molar-refractivity contribution in [3.05, 3.63) is 0 Å². The maximum atomic E-state index is 12.1. The van der Waals surface area contributed by atoms with Crippen LogP contribution in [0.15, 0.2) is 0 Å². The number of hydrogen-bond donors (Lipinski definition) is 2. The van der Waals surface area contributed by atoms with Crippen molar-refractivity contribution in [1.82, 2.24) is 5.32 Å². The van der Waals surface area contributed by atoms with E-state index in [9.17, 15) is 9.59 Å². The average molecular weight is 256 g/mol. The summed E-state index contributed by atoms with van der Waals surface area (Å²) in [6.07, 6.45) is 6.29. The number of carbonyl (C=O) groups excluding carboxylic acids is 2. The summed E-state index contributed by atoms with van der Waals surface area (Å²) in [7, 11) is 0. The highest BCUT2D eigenvalue weighted by atomic mass is 16.1. The van der Waals surface area contributed by atoms with Gasteiger partial charge in [0.05, 0.1) is 11.6 Å². The Morgan fingerprint density at radius 1 is 1.33 bits per heavy atom. The summed E-state index contributed by atoms with van der Waals surface area (Å²) in [6, 6.07) is -0.548. The Balaban J connectivity index is 4.01. The zero-order valence-electron chi connectivity index (χ0n) is 12.0. The van der Waals surface area contributed by atoms with Crippen LogP contribution in [-0.4, -0.2) is 30.2 Å². The van der Waals surface area contributed by atoms with Crippen molar-refractivity contribution in [2.75, 3.05) is 6.54 Å². The number of aldehydes is 1. The topological polar surface area (TPSA) is 72.2 Å². The van der Waals surface area contributed by atoms with Crippen LogP contribution in [0.5, 0.6) is 0 Å². The number of Topliss-reactive ketones (excluding diaryl/α,β-unsaturated/α-hetero) is 1. The molecule has 0 aliphatic rings. The highest BCUT2D eigenvalue weighted by Crippen LogP contribution is 2.10. The number of nitrogens with two attached hydrogens (primary N) is 1. The molecule has 0 aromatic carbocycles. The summed E-state index contributed by atoms with van der Waals surface area (Å²) >= 11 is 0. The molecule has 3 N–H and O–H groups in total. The van der Waals surface area contributed by atoms with Crippen LogP contribution < -0.4 is 11.1 Å². The first kappa shape index (κ1) is 17.3. The molecule has 0 aliphatic heterocycles. The molecule has 0 aromatic rings. The number of rotatable bonds is 11. The van der Waals surface area contributed by atoms with Crippen LogP contribution in [0, 0.1) is 0 Å². The summed E-state index contributed by atoms with van der Waals surface area (Å²) in [5, 5.41) is 3.26. The lowest BCUT2D eigenvalue weighted by Gasteiger charge is -2.27. The Morgan fingerprint density at radius 2 is 2.00 bits per heavy atom. The molecule has 4 heteroatoms. The molecule has 0 fully saturated rings. The van der Waals surface area contributed by atoms with Crippen LogP contribution in [0.3, 0.4) is 0 Å². The molecule has 0 aliphatic carbocycles. The first-order valence-electron chi connectivity index (χ1n) is 6.94. The second-order valence-electron chi connectivity index (χ2n) is 5.33. The van der Waals surface area contributed by atoms with Crippen molar-refractivity contribution in [3.8, 4) is 0 Å². The van der Waals surface area contributed by atoms with Gasteiger partial charge in [0.25, 0.3) is 0 Å². The maximum absolute atomic E-state index is 12.1. The summed E-state index contributed by atoms with van der Waals surface area (Å²) in [5.41, 5.74) is 5.19. The van der Waals surface area contributed by atoms with Crippen molar-refractivity contribution in [3.63, 3.8) is 0 Å². The van der Waals surface area contributed by atoms with Gasteiger partial charge in [-0.1, -0.05) is 26.2 Å². The van der Waals surface area contributed by atoms with Crippen LogP contribution in [0.1, 0.15) is 59.3 Å². The van der Waals surface area contributed by atoms with Crippen LogP contribution >= 0.6 is 0 Å². The SMILES string of the molecule is CCCCCCNC(C)(C)C(=O)C(N)CCC=O. The molecule has 0 bridgehead atoms. The number of nitrogens with one attached hydrogen (secondary N) is 1. The van der Waals surface area contributed by atoms with Gasteiger partial charge in [-0.05, 0) is 33.2 Å². The average Bonchev–Trinajstić information content (AvgIpc) is 2.34. The Labute approximate surface area is 111 Å². The minimum absolute atomic E-state index is 0.0140. The summed E-state index contributed by atoms with van der Waals surface area (Å²) < 4.78 is 0. The summed E-state index contributed by atoms with van der Waals surface area (Å²) in [6.45, 7) is 6.72. The molecule has 0 heterocycles. The van der Waals surface area contributed by atoms with E-state index in [0.717, 1.165) is 19.3 Å². The molecule has 0 aromatic heterocycles.